The van der Waals surface area contributed by atoms with Crippen LogP contribution in [0, 0.1) is 17.8 Å². The first kappa shape index (κ1) is 66.0. The van der Waals surface area contributed by atoms with Crippen molar-refractivity contribution in [3.8, 4) is 0 Å². The standard InChI is InChI=1S/C66H87N9O12/c1-13-16-19-67-58(79)52-31-49(76)43-25-40(64(4,5)6)28-46(55(43)85-52)73-61(82)70-34-37-22-38(35-71-62(83)74-47-29-41(65(7,8)9)26-44-50(77)32-53(86-56(44)47)59(80)68-20-17-14-2)24-39(23-37)36-72-63(84)75-48-30-42(66(10,11)12)27-45-51(78)33-54(87-57(45)48)60(81)69-21-18-15-3/h25-33,37-39H,13-24,34-36H2,1-12H3,(H,67,79)(H,68,80)(H,69,81)(H2,70,73,82)(H2,71,74,83)(H2,72,75,84). The molecule has 0 atom stereocenters. The molecule has 1 saturated carbocycles. The lowest BCUT2D eigenvalue weighted by Gasteiger charge is -2.35. The van der Waals surface area contributed by atoms with Crippen LogP contribution < -0.4 is 64.1 Å². The van der Waals surface area contributed by atoms with Crippen molar-refractivity contribution in [1.29, 1.82) is 0 Å². The van der Waals surface area contributed by atoms with Crippen LogP contribution in [0.15, 0.2) is 82.2 Å². The Bertz CT molecular complexity index is 3340. The van der Waals surface area contributed by atoms with E-state index in [9.17, 15) is 43.2 Å². The van der Waals surface area contributed by atoms with Crippen molar-refractivity contribution in [3.63, 3.8) is 0 Å². The predicted octanol–water partition coefficient (Wildman–Crippen LogP) is 11.3. The Morgan fingerprint density at radius 2 is 0.644 bits per heavy atom. The number of nitrogens with one attached hydrogen (secondary N) is 9. The number of hydrogen-bond acceptors (Lipinski definition) is 12. The molecule has 0 aliphatic heterocycles. The smallest absolute Gasteiger partial charge is 0.319 e. The summed E-state index contributed by atoms with van der Waals surface area (Å²) in [5.41, 5.74) is 0.255. The van der Waals surface area contributed by atoms with E-state index in [1.807, 2.05) is 83.1 Å². The van der Waals surface area contributed by atoms with Crippen molar-refractivity contribution in [2.24, 2.45) is 17.8 Å². The molecule has 7 rings (SSSR count). The summed E-state index contributed by atoms with van der Waals surface area (Å²) in [7, 11) is 0. The number of rotatable bonds is 21. The van der Waals surface area contributed by atoms with E-state index in [2.05, 4.69) is 47.9 Å². The van der Waals surface area contributed by atoms with Crippen molar-refractivity contribution in [3.05, 3.63) is 119 Å². The summed E-state index contributed by atoms with van der Waals surface area (Å²) in [5, 5.41) is 26.6. The molecule has 3 aromatic carbocycles. The molecule has 87 heavy (non-hydrogen) atoms. The molecule has 21 heteroatoms. The van der Waals surface area contributed by atoms with Crippen molar-refractivity contribution in [2.75, 3.05) is 55.2 Å². The maximum absolute atomic E-state index is 14.1. The summed E-state index contributed by atoms with van der Waals surface area (Å²) < 4.78 is 18.2. The largest absolute Gasteiger partial charge is 0.448 e. The molecule has 9 amide bonds. The summed E-state index contributed by atoms with van der Waals surface area (Å²) in [6.07, 6.45) is 6.34. The van der Waals surface area contributed by atoms with Gasteiger partial charge >= 0.3 is 18.1 Å². The Kier molecular flexibility index (Phi) is 21.5. The van der Waals surface area contributed by atoms with Gasteiger partial charge in [0.05, 0.1) is 33.2 Å². The van der Waals surface area contributed by atoms with E-state index in [0.29, 0.717) is 38.9 Å². The van der Waals surface area contributed by atoms with E-state index >= 15 is 0 Å². The minimum atomic E-state index is -0.604. The van der Waals surface area contributed by atoms with Gasteiger partial charge in [-0.1, -0.05) is 102 Å². The van der Waals surface area contributed by atoms with Gasteiger partial charge in [0.2, 0.25) is 0 Å². The SMILES string of the molecule is CCCCNC(=O)c1cc(=O)c2cc(C(C)(C)C)cc(NC(=O)NCC3CC(CNC(=O)Nc4cc(C(C)(C)C)cc5c(=O)cc(C(=O)NCCCC)oc45)CC(CNC(=O)Nc4cc(C(C)(C)C)cc5c(=O)cc(C(=O)NCCCC)oc45)C3)c2o1. The number of carbonyl (C=O) groups is 6. The molecule has 0 radical (unpaired) electrons. The normalized spacial score (nSPS) is 15.4. The first-order valence-corrected chi connectivity index (χ1v) is 30.4. The Morgan fingerprint density at radius 3 is 0.874 bits per heavy atom. The van der Waals surface area contributed by atoms with E-state index in [0.717, 1.165) is 73.4 Å². The third-order valence-electron chi connectivity index (χ3n) is 15.6. The average molecular weight is 1200 g/mol. The second-order valence-electron chi connectivity index (χ2n) is 26.0. The molecule has 468 valence electrons. The van der Waals surface area contributed by atoms with E-state index in [-0.39, 0.29) is 105 Å². The van der Waals surface area contributed by atoms with Gasteiger partial charge in [0, 0.05) is 57.5 Å². The fraction of sp³-hybridized carbons (Fsp3) is 0.500. The first-order chi connectivity index (χ1) is 41.1. The number of urea groups is 3. The van der Waals surface area contributed by atoms with Gasteiger partial charge in [0.15, 0.2) is 50.3 Å². The van der Waals surface area contributed by atoms with Crippen LogP contribution >= 0.6 is 0 Å². The lowest BCUT2D eigenvalue weighted by molar-refractivity contribution is 0.0918. The van der Waals surface area contributed by atoms with Gasteiger partial charge in [-0.05, 0) is 126 Å². The van der Waals surface area contributed by atoms with Gasteiger partial charge in [-0.3, -0.25) is 28.8 Å². The minimum absolute atomic E-state index is 0.0417. The van der Waals surface area contributed by atoms with Gasteiger partial charge in [-0.25, -0.2) is 14.4 Å². The number of unbranched alkanes of at least 4 members (excludes halogenated alkanes) is 3. The first-order valence-electron chi connectivity index (χ1n) is 30.4. The Balaban J connectivity index is 1.14. The Labute approximate surface area is 507 Å². The molecule has 1 aliphatic rings. The predicted molar refractivity (Wildman–Crippen MR) is 341 cm³/mol. The summed E-state index contributed by atoms with van der Waals surface area (Å²) in [6.45, 7) is 25.3. The quantitative estimate of drug-likeness (QED) is 0.0304. The van der Waals surface area contributed by atoms with Crippen LogP contribution in [-0.4, -0.2) is 75.1 Å². The highest BCUT2D eigenvalue weighted by molar-refractivity contribution is 6.03. The number of carbonyl (C=O) groups excluding carboxylic acids is 6. The van der Waals surface area contributed by atoms with E-state index in [1.54, 1.807) is 36.4 Å². The zero-order valence-electron chi connectivity index (χ0n) is 52.4. The summed E-state index contributed by atoms with van der Waals surface area (Å²) in [5.74, 6) is -2.83. The molecular weight excluding hydrogens is 1110 g/mol. The van der Waals surface area contributed by atoms with E-state index in [4.69, 9.17) is 13.3 Å². The highest BCUT2D eigenvalue weighted by Crippen LogP contribution is 2.36. The number of fused-ring (bicyclic) bond motifs is 3. The van der Waals surface area contributed by atoms with Crippen LogP contribution in [0.5, 0.6) is 0 Å². The lowest BCUT2D eigenvalue weighted by atomic mass is 9.75. The summed E-state index contributed by atoms with van der Waals surface area (Å²) >= 11 is 0. The number of amides is 9. The molecule has 9 N–H and O–H groups in total. The zero-order chi connectivity index (χ0) is 63.5. The topological polar surface area (TPSA) is 301 Å². The Hall–Kier alpha value is -8.49. The molecule has 21 nitrogen and oxygen atoms in total. The molecule has 0 unspecified atom stereocenters. The third-order valence-corrected chi connectivity index (χ3v) is 15.6. The van der Waals surface area contributed by atoms with Gasteiger partial charge in [-0.2, -0.15) is 0 Å². The Morgan fingerprint density at radius 1 is 0.391 bits per heavy atom. The van der Waals surface area contributed by atoms with Crippen molar-refractivity contribution in [1.82, 2.24) is 31.9 Å². The number of anilines is 3. The van der Waals surface area contributed by atoms with E-state index in [1.165, 1.54) is 0 Å². The maximum Gasteiger partial charge on any atom is 0.319 e. The molecule has 3 aromatic heterocycles. The molecule has 0 saturated heterocycles. The molecular formula is C66H87N9O12. The van der Waals surface area contributed by atoms with Gasteiger partial charge in [0.1, 0.15) is 0 Å². The average Bonchev–Trinajstić information content (AvgIpc) is 2.11. The summed E-state index contributed by atoms with van der Waals surface area (Å²) in [6, 6.07) is 12.0. The van der Waals surface area contributed by atoms with Crippen LogP contribution in [0.4, 0.5) is 31.4 Å². The van der Waals surface area contributed by atoms with E-state index < -0.39 is 68.3 Å². The third kappa shape index (κ3) is 17.4. The maximum atomic E-state index is 14.1. The van der Waals surface area contributed by atoms with Crippen LogP contribution in [0.25, 0.3) is 32.9 Å². The van der Waals surface area contributed by atoms with Crippen molar-refractivity contribution >= 4 is 85.8 Å². The van der Waals surface area contributed by atoms with Crippen molar-refractivity contribution < 1.29 is 42.0 Å². The number of benzene rings is 3. The molecule has 6 aromatic rings. The highest BCUT2D eigenvalue weighted by atomic mass is 16.4. The zero-order valence-corrected chi connectivity index (χ0v) is 52.4. The van der Waals surface area contributed by atoms with Crippen LogP contribution in [0.2, 0.25) is 0 Å². The molecule has 1 aliphatic carbocycles. The second-order valence-corrected chi connectivity index (χ2v) is 26.0. The highest BCUT2D eigenvalue weighted by Gasteiger charge is 2.32. The van der Waals surface area contributed by atoms with Gasteiger partial charge < -0.3 is 61.1 Å². The van der Waals surface area contributed by atoms with Crippen LogP contribution in [-0.2, 0) is 16.2 Å². The van der Waals surface area contributed by atoms with Crippen molar-refractivity contribution in [2.45, 2.75) is 157 Å². The fourth-order valence-corrected chi connectivity index (χ4v) is 10.5. The van der Waals surface area contributed by atoms with Crippen LogP contribution in [0.1, 0.15) is 189 Å². The van der Waals surface area contributed by atoms with Crippen LogP contribution in [0.3, 0.4) is 0 Å². The minimum Gasteiger partial charge on any atom is -0.448 e. The number of hydrogen-bond donors (Lipinski definition) is 9. The second kappa shape index (κ2) is 28.3. The molecule has 0 spiro atoms. The lowest BCUT2D eigenvalue weighted by Crippen LogP contribution is -2.42. The monoisotopic (exact) mass is 1200 g/mol. The molecule has 3 heterocycles. The summed E-state index contributed by atoms with van der Waals surface area (Å²) in [4.78, 5) is 122. The molecule has 0 bridgehead atoms. The fourth-order valence-electron chi connectivity index (χ4n) is 10.5. The van der Waals surface area contributed by atoms with Gasteiger partial charge in [-0.15, -0.1) is 0 Å². The van der Waals surface area contributed by atoms with Gasteiger partial charge in [0.25, 0.3) is 17.7 Å². The molecule has 1 fully saturated rings.